The zero-order valence-electron chi connectivity index (χ0n) is 10.7. The fourth-order valence-corrected chi connectivity index (χ4v) is 2.69. The predicted molar refractivity (Wildman–Crippen MR) is 70.1 cm³/mol. The van der Waals surface area contributed by atoms with Crippen LogP contribution in [0.1, 0.15) is 0 Å². The molecule has 0 aliphatic rings. The minimum Gasteiger partial charge on any atom is -0.494 e. The molecule has 0 saturated carbocycles. The summed E-state index contributed by atoms with van der Waals surface area (Å²) in [6.45, 7) is 0. The van der Waals surface area contributed by atoms with Gasteiger partial charge in [0.05, 0.1) is 12.0 Å². The van der Waals surface area contributed by atoms with Crippen LogP contribution in [0.2, 0.25) is 0 Å². The van der Waals surface area contributed by atoms with Gasteiger partial charge in [-0.15, -0.1) is 0 Å². The summed E-state index contributed by atoms with van der Waals surface area (Å²) in [5.74, 6) is -3.18. The van der Waals surface area contributed by atoms with E-state index in [1.54, 1.807) is 4.72 Å². The summed E-state index contributed by atoms with van der Waals surface area (Å²) in [7, 11) is -3.12. The van der Waals surface area contributed by atoms with Crippen LogP contribution in [0.15, 0.2) is 41.3 Å². The van der Waals surface area contributed by atoms with Crippen molar-refractivity contribution in [3.05, 3.63) is 53.8 Å². The Morgan fingerprint density at radius 2 is 1.62 bits per heavy atom. The van der Waals surface area contributed by atoms with E-state index in [0.717, 1.165) is 36.4 Å². The number of methoxy groups -OCH3 is 1. The molecule has 0 saturated heterocycles. The van der Waals surface area contributed by atoms with Crippen LogP contribution in [-0.2, 0) is 10.0 Å². The quantitative estimate of drug-likeness (QED) is 0.943. The molecule has 2 aromatic carbocycles. The standard InChI is InChI=1S/C13H10F3NO3S/c1-20-12-7-8(5-6-9(12)14)21(18,19)17-13-10(15)3-2-4-11(13)16/h2-7,17H,1H3. The van der Waals surface area contributed by atoms with Crippen molar-refractivity contribution in [3.8, 4) is 5.75 Å². The van der Waals surface area contributed by atoms with Gasteiger partial charge in [-0.25, -0.2) is 21.6 Å². The fourth-order valence-electron chi connectivity index (χ4n) is 1.60. The van der Waals surface area contributed by atoms with Crippen LogP contribution in [0.3, 0.4) is 0 Å². The summed E-state index contributed by atoms with van der Waals surface area (Å²) >= 11 is 0. The summed E-state index contributed by atoms with van der Waals surface area (Å²) in [5, 5.41) is 0. The van der Waals surface area contributed by atoms with Gasteiger partial charge in [-0.3, -0.25) is 4.72 Å². The lowest BCUT2D eigenvalue weighted by atomic mass is 10.3. The molecule has 0 aliphatic heterocycles. The lowest BCUT2D eigenvalue weighted by molar-refractivity contribution is 0.385. The number of hydrogen-bond donors (Lipinski definition) is 1. The molecular weight excluding hydrogens is 307 g/mol. The molecular formula is C13H10F3NO3S. The molecule has 0 aliphatic carbocycles. The van der Waals surface area contributed by atoms with Gasteiger partial charge in [-0.05, 0) is 24.3 Å². The molecule has 0 atom stereocenters. The maximum Gasteiger partial charge on any atom is 0.262 e. The second kappa shape index (κ2) is 5.65. The van der Waals surface area contributed by atoms with E-state index in [-0.39, 0.29) is 10.6 Å². The summed E-state index contributed by atoms with van der Waals surface area (Å²) in [6, 6.07) is 5.67. The molecule has 0 spiro atoms. The number of benzene rings is 2. The van der Waals surface area contributed by atoms with Crippen molar-refractivity contribution in [2.45, 2.75) is 4.90 Å². The Hall–Kier alpha value is -2.22. The summed E-state index contributed by atoms with van der Waals surface area (Å²) in [4.78, 5) is -0.386. The number of anilines is 1. The van der Waals surface area contributed by atoms with Gasteiger partial charge in [0.15, 0.2) is 11.6 Å². The van der Waals surface area contributed by atoms with E-state index >= 15 is 0 Å². The van der Waals surface area contributed by atoms with Gasteiger partial charge in [0.25, 0.3) is 10.0 Å². The molecule has 4 nitrogen and oxygen atoms in total. The molecule has 0 amide bonds. The highest BCUT2D eigenvalue weighted by atomic mass is 32.2. The molecule has 21 heavy (non-hydrogen) atoms. The Balaban J connectivity index is 2.44. The molecule has 2 aromatic rings. The highest BCUT2D eigenvalue weighted by Gasteiger charge is 2.20. The third-order valence-electron chi connectivity index (χ3n) is 2.63. The van der Waals surface area contributed by atoms with Crippen molar-refractivity contribution in [3.63, 3.8) is 0 Å². The molecule has 1 N–H and O–H groups in total. The van der Waals surface area contributed by atoms with Gasteiger partial charge >= 0.3 is 0 Å². The van der Waals surface area contributed by atoms with Crippen LogP contribution in [-0.4, -0.2) is 15.5 Å². The zero-order chi connectivity index (χ0) is 15.6. The number of para-hydroxylation sites is 1. The van der Waals surface area contributed by atoms with E-state index < -0.39 is 33.2 Å². The van der Waals surface area contributed by atoms with Crippen LogP contribution >= 0.6 is 0 Å². The highest BCUT2D eigenvalue weighted by molar-refractivity contribution is 7.92. The van der Waals surface area contributed by atoms with Gasteiger partial charge in [0, 0.05) is 6.07 Å². The monoisotopic (exact) mass is 317 g/mol. The number of ether oxygens (including phenoxy) is 1. The van der Waals surface area contributed by atoms with Gasteiger partial charge in [-0.1, -0.05) is 6.07 Å². The van der Waals surface area contributed by atoms with Gasteiger partial charge in [-0.2, -0.15) is 0 Å². The second-order valence-corrected chi connectivity index (χ2v) is 5.68. The Labute approximate surface area is 119 Å². The number of nitrogens with one attached hydrogen (secondary N) is 1. The van der Waals surface area contributed by atoms with E-state index in [9.17, 15) is 21.6 Å². The maximum absolute atomic E-state index is 13.5. The Kier molecular flexibility index (Phi) is 4.08. The predicted octanol–water partition coefficient (Wildman–Crippen LogP) is 2.91. The first-order valence-electron chi connectivity index (χ1n) is 5.65. The molecule has 0 bridgehead atoms. The Bertz CT molecular complexity index is 758. The normalized spacial score (nSPS) is 11.2. The van der Waals surface area contributed by atoms with E-state index in [2.05, 4.69) is 4.74 Å². The third-order valence-corrected chi connectivity index (χ3v) is 3.98. The first-order chi connectivity index (χ1) is 9.85. The minimum atomic E-state index is -4.28. The van der Waals surface area contributed by atoms with Crippen LogP contribution in [0, 0.1) is 17.5 Å². The van der Waals surface area contributed by atoms with Crippen molar-refractivity contribution in [2.24, 2.45) is 0 Å². The number of hydrogen-bond acceptors (Lipinski definition) is 3. The average molecular weight is 317 g/mol. The smallest absolute Gasteiger partial charge is 0.262 e. The van der Waals surface area contributed by atoms with Crippen molar-refractivity contribution in [1.82, 2.24) is 0 Å². The van der Waals surface area contributed by atoms with Crippen molar-refractivity contribution in [2.75, 3.05) is 11.8 Å². The third kappa shape index (κ3) is 3.10. The first kappa shape index (κ1) is 15.2. The molecule has 112 valence electrons. The summed E-state index contributed by atoms with van der Waals surface area (Å²) in [5.41, 5.74) is -0.805. The highest BCUT2D eigenvalue weighted by Crippen LogP contribution is 2.25. The Morgan fingerprint density at radius 3 is 2.19 bits per heavy atom. The van der Waals surface area contributed by atoms with E-state index in [0.29, 0.717) is 0 Å². The van der Waals surface area contributed by atoms with Gasteiger partial charge in [0.1, 0.15) is 17.3 Å². The lowest BCUT2D eigenvalue weighted by Crippen LogP contribution is -2.15. The SMILES string of the molecule is COc1cc(S(=O)(=O)Nc2c(F)cccc2F)ccc1F. The molecule has 0 fully saturated rings. The van der Waals surface area contributed by atoms with E-state index in [1.807, 2.05) is 0 Å². The molecule has 0 heterocycles. The first-order valence-corrected chi connectivity index (χ1v) is 7.14. The number of rotatable bonds is 4. The molecule has 0 aromatic heterocycles. The fraction of sp³-hybridized carbons (Fsp3) is 0.0769. The molecule has 8 heteroatoms. The number of sulfonamides is 1. The topological polar surface area (TPSA) is 55.4 Å². The maximum atomic E-state index is 13.5. The van der Waals surface area contributed by atoms with Gasteiger partial charge < -0.3 is 4.74 Å². The number of halogens is 3. The van der Waals surface area contributed by atoms with E-state index in [4.69, 9.17) is 0 Å². The molecule has 0 unspecified atom stereocenters. The average Bonchev–Trinajstić information content (AvgIpc) is 2.43. The van der Waals surface area contributed by atoms with Crippen LogP contribution < -0.4 is 9.46 Å². The van der Waals surface area contributed by atoms with E-state index in [1.165, 1.54) is 7.11 Å². The van der Waals surface area contributed by atoms with Crippen LogP contribution in [0.5, 0.6) is 5.75 Å². The lowest BCUT2D eigenvalue weighted by Gasteiger charge is -2.11. The van der Waals surface area contributed by atoms with Crippen molar-refractivity contribution in [1.29, 1.82) is 0 Å². The summed E-state index contributed by atoms with van der Waals surface area (Å²) < 4.78 is 70.7. The van der Waals surface area contributed by atoms with Gasteiger partial charge in [0.2, 0.25) is 0 Å². The second-order valence-electron chi connectivity index (χ2n) is 4.00. The largest absolute Gasteiger partial charge is 0.494 e. The molecule has 2 rings (SSSR count). The van der Waals surface area contributed by atoms with Crippen molar-refractivity contribution < 1.29 is 26.3 Å². The minimum absolute atomic E-state index is 0.299. The zero-order valence-corrected chi connectivity index (χ0v) is 11.5. The molecule has 0 radical (unpaired) electrons. The van der Waals surface area contributed by atoms with Crippen molar-refractivity contribution >= 4 is 15.7 Å². The van der Waals surface area contributed by atoms with Crippen LogP contribution in [0.4, 0.5) is 18.9 Å². The summed E-state index contributed by atoms with van der Waals surface area (Å²) in [6.07, 6.45) is 0. The van der Waals surface area contributed by atoms with Crippen LogP contribution in [0.25, 0.3) is 0 Å². The Morgan fingerprint density at radius 1 is 1.00 bits per heavy atom.